The summed E-state index contributed by atoms with van der Waals surface area (Å²) in [7, 11) is 0. The fourth-order valence-corrected chi connectivity index (χ4v) is 3.80. The van der Waals surface area contributed by atoms with Gasteiger partial charge < -0.3 is 43.2 Å². The third-order valence-corrected chi connectivity index (χ3v) is 6.10. The lowest BCUT2D eigenvalue weighted by Crippen LogP contribution is -2.57. The molecule has 4 unspecified atom stereocenters. The molecular weight excluding hydrogens is 504 g/mol. The maximum Gasteiger partial charge on any atom is 0.326 e. The van der Waals surface area contributed by atoms with Crippen molar-refractivity contribution in [2.45, 2.75) is 69.1 Å². The number of primary amides is 1. The van der Waals surface area contributed by atoms with E-state index in [-0.39, 0.29) is 32.1 Å². The summed E-state index contributed by atoms with van der Waals surface area (Å²) in [6, 6.07) is -4.39. The average Bonchev–Trinajstić information content (AvgIpc) is 3.36. The van der Waals surface area contributed by atoms with E-state index in [1.54, 1.807) is 0 Å². The third kappa shape index (κ3) is 12.6. The molecule has 4 atom stereocenters. The van der Waals surface area contributed by atoms with E-state index in [9.17, 15) is 29.1 Å². The zero-order chi connectivity index (χ0) is 27.8. The summed E-state index contributed by atoms with van der Waals surface area (Å²) in [5.41, 5.74) is 17.0. The van der Waals surface area contributed by atoms with Crippen molar-refractivity contribution in [2.24, 2.45) is 17.2 Å². The lowest BCUT2D eigenvalue weighted by atomic mass is 10.0. The number of H-pyrrole nitrogens is 1. The van der Waals surface area contributed by atoms with E-state index >= 15 is 0 Å². The number of hydrogen-bond acceptors (Lipinski definition) is 9. The second kappa shape index (κ2) is 17.3. The van der Waals surface area contributed by atoms with Crippen molar-refractivity contribution in [3.05, 3.63) is 18.2 Å². The molecule has 0 saturated carbocycles. The van der Waals surface area contributed by atoms with E-state index in [1.807, 2.05) is 6.26 Å². The number of thioether (sulfide) groups is 1. The number of nitrogens with zero attached hydrogens (tertiary/aromatic N) is 1. The van der Waals surface area contributed by atoms with Crippen LogP contribution >= 0.6 is 11.8 Å². The van der Waals surface area contributed by atoms with Crippen LogP contribution in [0.25, 0.3) is 0 Å². The topological polar surface area (TPSA) is 248 Å². The Balaban J connectivity index is 3.02. The molecule has 208 valence electrons. The number of nitrogens with two attached hydrogens (primary N) is 3. The summed E-state index contributed by atoms with van der Waals surface area (Å²) >= 11 is 1.45. The minimum Gasteiger partial charge on any atom is -0.480 e. The maximum atomic E-state index is 13.2. The van der Waals surface area contributed by atoms with Crippen LogP contribution in [0.5, 0.6) is 0 Å². The highest BCUT2D eigenvalue weighted by atomic mass is 32.2. The first kappa shape index (κ1) is 31.9. The Morgan fingerprint density at radius 1 is 1.00 bits per heavy atom. The van der Waals surface area contributed by atoms with Gasteiger partial charge in [-0.25, -0.2) is 9.78 Å². The van der Waals surface area contributed by atoms with Crippen molar-refractivity contribution >= 4 is 41.4 Å². The molecular formula is C22H38N8O6S. The van der Waals surface area contributed by atoms with Gasteiger partial charge in [-0.2, -0.15) is 11.8 Å². The molecule has 0 saturated heterocycles. The molecule has 0 aliphatic carbocycles. The molecule has 0 fully saturated rings. The Labute approximate surface area is 219 Å². The molecule has 4 amide bonds. The maximum absolute atomic E-state index is 13.2. The van der Waals surface area contributed by atoms with Crippen LogP contribution in [0.3, 0.4) is 0 Å². The molecule has 1 aromatic heterocycles. The molecule has 15 heteroatoms. The molecule has 0 bridgehead atoms. The smallest absolute Gasteiger partial charge is 0.326 e. The van der Waals surface area contributed by atoms with Gasteiger partial charge in [-0.05, 0) is 50.7 Å². The Morgan fingerprint density at radius 3 is 2.22 bits per heavy atom. The molecule has 1 rings (SSSR count). The number of imidazole rings is 1. The third-order valence-electron chi connectivity index (χ3n) is 5.46. The molecule has 37 heavy (non-hydrogen) atoms. The van der Waals surface area contributed by atoms with Gasteiger partial charge in [0.2, 0.25) is 23.6 Å². The minimum atomic E-state index is -1.18. The van der Waals surface area contributed by atoms with Crippen LogP contribution < -0.4 is 33.2 Å². The zero-order valence-electron chi connectivity index (χ0n) is 20.9. The molecule has 1 aromatic rings. The summed E-state index contributed by atoms with van der Waals surface area (Å²) in [6.45, 7) is 0.384. The van der Waals surface area contributed by atoms with Gasteiger partial charge in [0, 0.05) is 24.7 Å². The first-order valence-corrected chi connectivity index (χ1v) is 13.3. The molecule has 14 nitrogen and oxygen atoms in total. The molecule has 1 heterocycles. The number of nitrogens with one attached hydrogen (secondary N) is 4. The van der Waals surface area contributed by atoms with Gasteiger partial charge >= 0.3 is 5.97 Å². The van der Waals surface area contributed by atoms with Crippen LogP contribution in [0.4, 0.5) is 0 Å². The fourth-order valence-electron chi connectivity index (χ4n) is 3.33. The normalized spacial score (nSPS) is 14.1. The fraction of sp³-hybridized carbons (Fsp3) is 0.636. The van der Waals surface area contributed by atoms with Crippen molar-refractivity contribution in [1.82, 2.24) is 25.9 Å². The Morgan fingerprint density at radius 2 is 1.65 bits per heavy atom. The van der Waals surface area contributed by atoms with Gasteiger partial charge in [-0.3, -0.25) is 19.2 Å². The number of aromatic nitrogens is 2. The van der Waals surface area contributed by atoms with Crippen molar-refractivity contribution in [2.75, 3.05) is 18.6 Å². The number of amides is 4. The number of carbonyl (C=O) groups is 5. The summed E-state index contributed by atoms with van der Waals surface area (Å²) in [4.78, 5) is 68.2. The van der Waals surface area contributed by atoms with Crippen LogP contribution in [0.2, 0.25) is 0 Å². The highest BCUT2D eigenvalue weighted by Crippen LogP contribution is 2.07. The quantitative estimate of drug-likeness (QED) is 0.0890. The van der Waals surface area contributed by atoms with Gasteiger partial charge in [0.15, 0.2) is 0 Å². The van der Waals surface area contributed by atoms with Gasteiger partial charge in [0.25, 0.3) is 0 Å². The van der Waals surface area contributed by atoms with Gasteiger partial charge in [0.05, 0.1) is 12.4 Å². The van der Waals surface area contributed by atoms with Crippen LogP contribution in [0.15, 0.2) is 12.5 Å². The molecule has 0 aliphatic heterocycles. The lowest BCUT2D eigenvalue weighted by Gasteiger charge is -2.25. The van der Waals surface area contributed by atoms with Gasteiger partial charge in [-0.15, -0.1) is 0 Å². The molecule has 0 aliphatic rings. The Kier molecular flexibility index (Phi) is 14.9. The standard InChI is InChI=1S/C22H38N8O6S/c1-37-9-7-16(22(35)36)29-20(33)15(4-2-3-8-23)28-21(34)17(10-13-11-26-12-27-13)30-19(32)14(24)5-6-18(25)31/h11-12,14-17H,2-10,23-24H2,1H3,(H2,25,31)(H,26,27)(H,28,34)(H,29,33)(H,30,32)(H,35,36). The summed E-state index contributed by atoms with van der Waals surface area (Å²) in [5.74, 6) is -3.26. The first-order chi connectivity index (χ1) is 17.6. The molecule has 0 aromatic carbocycles. The number of unbranched alkanes of at least 4 members (excludes halogenated alkanes) is 1. The average molecular weight is 543 g/mol. The number of aliphatic carboxylic acids is 1. The highest BCUT2D eigenvalue weighted by Gasteiger charge is 2.30. The number of rotatable bonds is 19. The van der Waals surface area contributed by atoms with Crippen molar-refractivity contribution in [1.29, 1.82) is 0 Å². The SMILES string of the molecule is CSCCC(NC(=O)C(CCCCN)NC(=O)C(Cc1cnc[nH]1)NC(=O)C(N)CCC(N)=O)C(=O)O. The molecule has 11 N–H and O–H groups in total. The zero-order valence-corrected chi connectivity index (χ0v) is 21.7. The second-order valence-corrected chi connectivity index (χ2v) is 9.47. The first-order valence-electron chi connectivity index (χ1n) is 11.9. The van der Waals surface area contributed by atoms with Gasteiger partial charge in [0.1, 0.15) is 18.1 Å². The van der Waals surface area contributed by atoms with Crippen LogP contribution in [0.1, 0.15) is 44.2 Å². The summed E-state index contributed by atoms with van der Waals surface area (Å²) < 4.78 is 0. The summed E-state index contributed by atoms with van der Waals surface area (Å²) in [6.07, 6.45) is 6.16. The lowest BCUT2D eigenvalue weighted by molar-refractivity contribution is -0.142. The predicted molar refractivity (Wildman–Crippen MR) is 138 cm³/mol. The number of carboxylic acids is 1. The van der Waals surface area contributed by atoms with Crippen LogP contribution in [-0.2, 0) is 30.4 Å². The van der Waals surface area contributed by atoms with Gasteiger partial charge in [-0.1, -0.05) is 0 Å². The van der Waals surface area contributed by atoms with E-state index < -0.39 is 53.8 Å². The van der Waals surface area contributed by atoms with E-state index in [0.29, 0.717) is 30.8 Å². The van der Waals surface area contributed by atoms with E-state index in [4.69, 9.17) is 17.2 Å². The predicted octanol–water partition coefficient (Wildman–Crippen LogP) is -2.03. The van der Waals surface area contributed by atoms with Crippen molar-refractivity contribution in [3.8, 4) is 0 Å². The van der Waals surface area contributed by atoms with Crippen LogP contribution in [0, 0.1) is 0 Å². The number of aromatic amines is 1. The molecule has 0 radical (unpaired) electrons. The minimum absolute atomic E-state index is 0.00367. The van der Waals surface area contributed by atoms with E-state index in [0.717, 1.165) is 0 Å². The molecule has 0 spiro atoms. The van der Waals surface area contributed by atoms with Crippen molar-refractivity contribution < 1.29 is 29.1 Å². The Bertz CT molecular complexity index is 885. The van der Waals surface area contributed by atoms with Crippen molar-refractivity contribution in [3.63, 3.8) is 0 Å². The number of carboxylic acid groups (broad SMARTS) is 1. The monoisotopic (exact) mass is 542 g/mol. The highest BCUT2D eigenvalue weighted by molar-refractivity contribution is 7.98. The number of hydrogen-bond donors (Lipinski definition) is 8. The Hall–Kier alpha value is -3.17. The van der Waals surface area contributed by atoms with Crippen LogP contribution in [-0.4, -0.2) is 87.4 Å². The number of carbonyl (C=O) groups excluding carboxylic acids is 4. The second-order valence-electron chi connectivity index (χ2n) is 8.48. The van der Waals surface area contributed by atoms with E-state index in [1.165, 1.54) is 24.3 Å². The summed E-state index contributed by atoms with van der Waals surface area (Å²) in [5, 5.41) is 17.1. The largest absolute Gasteiger partial charge is 0.480 e. The van der Waals surface area contributed by atoms with E-state index in [2.05, 4.69) is 25.9 Å².